The summed E-state index contributed by atoms with van der Waals surface area (Å²) < 4.78 is 6.48. The summed E-state index contributed by atoms with van der Waals surface area (Å²) in [6.45, 7) is 9.01. The van der Waals surface area contributed by atoms with Gasteiger partial charge in [0, 0.05) is 35.5 Å². The fraction of sp³-hybridized carbons (Fsp3) is 0.826. The zero-order valence-corrected chi connectivity index (χ0v) is 17.0. The lowest BCUT2D eigenvalue weighted by Crippen LogP contribution is -2.71. The summed E-state index contributed by atoms with van der Waals surface area (Å²) >= 11 is 0. The number of hydrogen-bond donors (Lipinski definition) is 1. The van der Waals surface area contributed by atoms with Gasteiger partial charge >= 0.3 is 5.97 Å². The lowest BCUT2D eigenvalue weighted by Gasteiger charge is -2.63. The van der Waals surface area contributed by atoms with E-state index < -0.39 is 5.72 Å². The van der Waals surface area contributed by atoms with E-state index in [1.807, 2.05) is 0 Å². The number of piperidine rings is 2. The maximum atomic E-state index is 13.6. The van der Waals surface area contributed by atoms with Crippen LogP contribution in [0.1, 0.15) is 46.0 Å². The summed E-state index contributed by atoms with van der Waals surface area (Å²) in [6.07, 6.45) is 4.20. The molecule has 150 valence electrons. The van der Waals surface area contributed by atoms with Crippen LogP contribution in [-0.4, -0.2) is 52.8 Å². The molecule has 3 aliphatic heterocycles. The zero-order valence-electron chi connectivity index (χ0n) is 17.0. The molecule has 28 heavy (non-hydrogen) atoms. The average Bonchev–Trinajstić information content (AvgIpc) is 2.83. The molecule has 6 aliphatic carbocycles. The number of quaternary nitrogens is 1. The van der Waals surface area contributed by atoms with E-state index in [0.29, 0.717) is 16.2 Å². The smallest absolute Gasteiger partial charge is 0.302 e. The molecule has 11 atom stereocenters. The van der Waals surface area contributed by atoms with E-state index in [1.54, 1.807) is 0 Å². The number of fused-ring (bicyclic) bond motifs is 1. The van der Waals surface area contributed by atoms with Gasteiger partial charge in [0.25, 0.3) is 0 Å². The highest BCUT2D eigenvalue weighted by molar-refractivity contribution is 5.91. The lowest BCUT2D eigenvalue weighted by atomic mass is 9.40. The van der Waals surface area contributed by atoms with Gasteiger partial charge in [-0.15, -0.1) is 0 Å². The van der Waals surface area contributed by atoms with E-state index in [4.69, 9.17) is 4.74 Å². The number of allylic oxidation sites excluding steroid dienone is 1. The van der Waals surface area contributed by atoms with Gasteiger partial charge in [-0.1, -0.05) is 19.1 Å². The quantitative estimate of drug-likeness (QED) is 0.427. The summed E-state index contributed by atoms with van der Waals surface area (Å²) in [5.74, 6) is 0.984. The third-order valence-corrected chi connectivity index (χ3v) is 11.1. The van der Waals surface area contributed by atoms with E-state index in [9.17, 15) is 14.7 Å². The van der Waals surface area contributed by atoms with Crippen molar-refractivity contribution < 1.29 is 23.9 Å². The van der Waals surface area contributed by atoms with Crippen molar-refractivity contribution in [1.82, 2.24) is 0 Å². The number of ketones is 1. The van der Waals surface area contributed by atoms with Crippen molar-refractivity contribution in [3.05, 3.63) is 12.2 Å². The molecule has 4 unspecified atom stereocenters. The second kappa shape index (κ2) is 4.02. The minimum atomic E-state index is -0.738. The molecule has 3 saturated heterocycles. The molecule has 0 aromatic rings. The van der Waals surface area contributed by atoms with Gasteiger partial charge in [-0.25, -0.2) is 0 Å². The highest BCUT2D eigenvalue weighted by Gasteiger charge is 2.98. The molecular weight excluding hydrogens is 354 g/mol. The number of rotatable bonds is 1. The van der Waals surface area contributed by atoms with Crippen molar-refractivity contribution in [2.24, 2.45) is 39.9 Å². The molecule has 5 nitrogen and oxygen atoms in total. The van der Waals surface area contributed by atoms with Gasteiger partial charge in [0.15, 0.2) is 0 Å². The molecular formula is C23H30NO4+. The van der Waals surface area contributed by atoms with Crippen LogP contribution >= 0.6 is 0 Å². The predicted octanol–water partition coefficient (Wildman–Crippen LogP) is 2.04. The third kappa shape index (κ3) is 1.23. The van der Waals surface area contributed by atoms with Crippen LogP contribution in [-0.2, 0) is 14.3 Å². The molecule has 9 rings (SSSR count). The van der Waals surface area contributed by atoms with Gasteiger partial charge in [0.1, 0.15) is 17.9 Å². The maximum Gasteiger partial charge on any atom is 0.302 e. The van der Waals surface area contributed by atoms with Gasteiger partial charge in [-0.05, 0) is 31.6 Å². The predicted molar refractivity (Wildman–Crippen MR) is 99.5 cm³/mol. The Kier molecular flexibility index (Phi) is 2.38. The van der Waals surface area contributed by atoms with Crippen molar-refractivity contribution >= 4 is 11.8 Å². The molecule has 0 aromatic carbocycles. The molecule has 2 spiro atoms. The second-order valence-electron chi connectivity index (χ2n) is 12.1. The highest BCUT2D eigenvalue weighted by atomic mass is 16.5. The zero-order chi connectivity index (χ0) is 19.6. The Bertz CT molecular complexity index is 914. The van der Waals surface area contributed by atoms with Crippen molar-refractivity contribution in [3.63, 3.8) is 0 Å². The first kappa shape index (κ1) is 16.6. The number of esters is 1. The Labute approximate surface area is 165 Å². The summed E-state index contributed by atoms with van der Waals surface area (Å²) in [4.78, 5) is 25.4. The van der Waals surface area contributed by atoms with Crippen LogP contribution < -0.4 is 0 Å². The Morgan fingerprint density at radius 3 is 2.82 bits per heavy atom. The minimum Gasteiger partial charge on any atom is -0.463 e. The summed E-state index contributed by atoms with van der Waals surface area (Å²) in [6, 6.07) is 0.193. The van der Waals surface area contributed by atoms with Gasteiger partial charge in [0.05, 0.1) is 25.4 Å². The molecule has 9 aliphatic rings. The number of carbonyl (C=O) groups is 2. The number of Topliss-reactive ketones (excluding diaryl/α,β-unsaturated/α-hetero) is 1. The molecule has 0 radical (unpaired) electrons. The second-order valence-corrected chi connectivity index (χ2v) is 12.1. The molecule has 1 N–H and O–H groups in total. The van der Waals surface area contributed by atoms with E-state index in [2.05, 4.69) is 20.6 Å². The fourth-order valence-corrected chi connectivity index (χ4v) is 11.6. The summed E-state index contributed by atoms with van der Waals surface area (Å²) in [5, 5.41) is 12.3. The van der Waals surface area contributed by atoms with Crippen LogP contribution in [0.2, 0.25) is 0 Å². The van der Waals surface area contributed by atoms with Crippen LogP contribution in [0.4, 0.5) is 0 Å². The Balaban J connectivity index is 1.50. The number of carbonyl (C=O) groups excluding carboxylic acids is 2. The van der Waals surface area contributed by atoms with E-state index in [-0.39, 0.29) is 52.1 Å². The number of ether oxygens (including phenoxy) is 1. The Hall–Kier alpha value is -1.20. The largest absolute Gasteiger partial charge is 0.463 e. The van der Waals surface area contributed by atoms with Gasteiger partial charge in [-0.3, -0.25) is 14.1 Å². The fourth-order valence-electron chi connectivity index (χ4n) is 11.6. The van der Waals surface area contributed by atoms with Crippen LogP contribution in [0.3, 0.4) is 0 Å². The average molecular weight is 384 g/mol. The van der Waals surface area contributed by atoms with Crippen LogP contribution in [0, 0.1) is 39.9 Å². The highest BCUT2D eigenvalue weighted by Crippen LogP contribution is 2.90. The maximum absolute atomic E-state index is 13.6. The molecule has 0 amide bonds. The van der Waals surface area contributed by atoms with E-state index >= 15 is 0 Å². The molecule has 6 saturated carbocycles. The normalized spacial score (nSPS) is 66.7. The molecule has 3 heterocycles. The first-order chi connectivity index (χ1) is 13.0. The van der Waals surface area contributed by atoms with Crippen molar-refractivity contribution in [2.45, 2.75) is 63.8 Å². The summed E-state index contributed by atoms with van der Waals surface area (Å²) in [5.41, 5.74) is 0.178. The van der Waals surface area contributed by atoms with Gasteiger partial charge < -0.3 is 9.84 Å². The Morgan fingerprint density at radius 2 is 2.11 bits per heavy atom. The topological polar surface area (TPSA) is 63.6 Å². The number of nitrogens with zero attached hydrogens (tertiary/aromatic N) is 1. The SMILES string of the molecule is C=C1C[C@@]23C[C@@]4(O)C5C6(C)C[C@H](OC(C)=O)C[C@@]57C2C[C@@H]1C(=O)[C@H]3[C@H]7[N+]4(C)C6. The lowest BCUT2D eigenvalue weighted by molar-refractivity contribution is -0.994. The van der Waals surface area contributed by atoms with E-state index in [0.717, 1.165) is 44.2 Å². The van der Waals surface area contributed by atoms with Gasteiger partial charge in [-0.2, -0.15) is 0 Å². The molecule has 5 heteroatoms. The monoisotopic (exact) mass is 384 g/mol. The minimum absolute atomic E-state index is 0.0237. The first-order valence-corrected chi connectivity index (χ1v) is 11.0. The van der Waals surface area contributed by atoms with Crippen molar-refractivity contribution in [2.75, 3.05) is 13.6 Å². The molecule has 9 fully saturated rings. The first-order valence-electron chi connectivity index (χ1n) is 11.0. The Morgan fingerprint density at radius 1 is 1.36 bits per heavy atom. The van der Waals surface area contributed by atoms with E-state index in [1.165, 1.54) is 6.92 Å². The number of aliphatic hydroxyl groups is 1. The molecule has 0 aromatic heterocycles. The molecule has 9 bridgehead atoms. The van der Waals surface area contributed by atoms with Crippen LogP contribution in [0.5, 0.6) is 0 Å². The van der Waals surface area contributed by atoms with Gasteiger partial charge in [0.2, 0.25) is 5.72 Å². The van der Waals surface area contributed by atoms with Crippen LogP contribution in [0.25, 0.3) is 0 Å². The number of hydrogen-bond acceptors (Lipinski definition) is 4. The van der Waals surface area contributed by atoms with Crippen LogP contribution in [0.15, 0.2) is 12.2 Å². The third-order valence-electron chi connectivity index (χ3n) is 11.1. The van der Waals surface area contributed by atoms with Crippen molar-refractivity contribution in [3.8, 4) is 0 Å². The summed E-state index contributed by atoms with van der Waals surface area (Å²) in [7, 11) is 2.24. The van der Waals surface area contributed by atoms with Crippen molar-refractivity contribution in [1.29, 1.82) is 0 Å². The standard InChI is InChI=1S/C23H30NO4/c1-11-6-21-9-23(27)19-20(3)7-13(28-12(2)25)8-22(19)15(21)5-14(11)17(26)16(21)18(22)24(23,4)10-20/h13-16,18-19,27H,1,5-10H2,2-4H3/q+1/t13-,14-,15?,16-,18+,19?,20?,21+,22-,23+,24?/m0/s1.